The summed E-state index contributed by atoms with van der Waals surface area (Å²) < 4.78 is 44.3. The van der Waals surface area contributed by atoms with Gasteiger partial charge in [0.25, 0.3) is 11.7 Å². The van der Waals surface area contributed by atoms with Crippen LogP contribution in [0.3, 0.4) is 0 Å². The first-order valence-electron chi connectivity index (χ1n) is 12.6. The van der Waals surface area contributed by atoms with E-state index in [0.717, 1.165) is 0 Å². The molecule has 7 rings (SSSR count). The molecule has 0 bridgehead atoms. The van der Waals surface area contributed by atoms with Crippen LogP contribution in [-0.4, -0.2) is 56.3 Å². The molecule has 1 N–H and O–H groups in total. The second-order valence-corrected chi connectivity index (χ2v) is 9.45. The Labute approximate surface area is 233 Å². The molecule has 1 fully saturated rings. The fourth-order valence-electron chi connectivity index (χ4n) is 5.42. The number of ether oxygens (including phenoxy) is 8. The summed E-state index contributed by atoms with van der Waals surface area (Å²) in [5, 5.41) is 11.6. The Kier molecular flexibility index (Phi) is 5.70. The van der Waals surface area contributed by atoms with Crippen molar-refractivity contribution in [3.8, 4) is 46.0 Å². The number of Topliss-reactive ketones (excluding diaryl/α,β-unsaturated/α-hetero) is 1. The van der Waals surface area contributed by atoms with E-state index in [1.807, 2.05) is 0 Å². The second-order valence-electron chi connectivity index (χ2n) is 9.45. The molecule has 1 amide bonds. The first kappa shape index (κ1) is 24.8. The fraction of sp³-hybridized carbons (Fsp3) is 0.241. The van der Waals surface area contributed by atoms with Gasteiger partial charge in [0.1, 0.15) is 5.76 Å². The summed E-state index contributed by atoms with van der Waals surface area (Å²) in [5.74, 6) is 1.06. The molecule has 0 spiro atoms. The molecule has 3 aromatic carbocycles. The zero-order valence-electron chi connectivity index (χ0n) is 21.9. The van der Waals surface area contributed by atoms with Gasteiger partial charge in [-0.2, -0.15) is 0 Å². The molecule has 12 heteroatoms. The Morgan fingerprint density at radius 3 is 2.17 bits per heavy atom. The zero-order chi connectivity index (χ0) is 28.2. The molecule has 0 saturated carbocycles. The maximum atomic E-state index is 13.7. The standard InChI is InChI=1S/C29H23NO11/c1-34-26-16(9-21-27(28(26)35-2)41-13-40-21)23-22(24(31)15-4-6-18-20(8-15)39-12-37-18)25(32)29(33)30(23)10-14-3-5-17-19(7-14)38-11-36-17/h3-9,23,31H,10-13H2,1-2H3/b24-22+. The Bertz CT molecular complexity index is 1650. The highest BCUT2D eigenvalue weighted by Gasteiger charge is 2.48. The largest absolute Gasteiger partial charge is 0.507 e. The van der Waals surface area contributed by atoms with Gasteiger partial charge in [0.15, 0.2) is 34.5 Å². The molecule has 3 aromatic rings. The first-order valence-corrected chi connectivity index (χ1v) is 12.6. The van der Waals surface area contributed by atoms with Crippen molar-refractivity contribution in [2.45, 2.75) is 12.6 Å². The summed E-state index contributed by atoms with van der Waals surface area (Å²) in [4.78, 5) is 28.7. The molecule has 1 atom stereocenters. The van der Waals surface area contributed by atoms with Gasteiger partial charge in [-0.1, -0.05) is 6.07 Å². The number of aliphatic hydroxyl groups is 1. The molecule has 41 heavy (non-hydrogen) atoms. The van der Waals surface area contributed by atoms with Crippen molar-refractivity contribution in [2.75, 3.05) is 34.6 Å². The van der Waals surface area contributed by atoms with Gasteiger partial charge in [0.05, 0.1) is 25.8 Å². The number of fused-ring (bicyclic) bond motifs is 3. The molecule has 1 unspecified atom stereocenters. The van der Waals surface area contributed by atoms with Crippen molar-refractivity contribution in [1.29, 1.82) is 0 Å². The lowest BCUT2D eigenvalue weighted by molar-refractivity contribution is -0.140. The van der Waals surface area contributed by atoms with E-state index in [-0.39, 0.29) is 49.6 Å². The van der Waals surface area contributed by atoms with E-state index < -0.39 is 23.5 Å². The number of hydrogen-bond acceptors (Lipinski definition) is 11. The molecular formula is C29H23NO11. The smallest absolute Gasteiger partial charge is 0.295 e. The van der Waals surface area contributed by atoms with Crippen molar-refractivity contribution >= 4 is 17.4 Å². The number of rotatable bonds is 6. The molecule has 1 saturated heterocycles. The van der Waals surface area contributed by atoms with Crippen LogP contribution in [0.4, 0.5) is 0 Å². The van der Waals surface area contributed by atoms with E-state index in [9.17, 15) is 14.7 Å². The van der Waals surface area contributed by atoms with E-state index in [1.54, 1.807) is 42.5 Å². The van der Waals surface area contributed by atoms with Gasteiger partial charge >= 0.3 is 0 Å². The molecule has 0 radical (unpaired) electrons. The number of ketones is 1. The van der Waals surface area contributed by atoms with Crippen molar-refractivity contribution in [3.05, 3.63) is 64.7 Å². The summed E-state index contributed by atoms with van der Waals surface area (Å²) >= 11 is 0. The highest BCUT2D eigenvalue weighted by Crippen LogP contribution is 2.54. The predicted octanol–water partition coefficient (Wildman–Crippen LogP) is 3.51. The monoisotopic (exact) mass is 561 g/mol. The average Bonchev–Trinajstić information content (AvgIpc) is 3.79. The Morgan fingerprint density at radius 1 is 0.805 bits per heavy atom. The Morgan fingerprint density at radius 2 is 1.44 bits per heavy atom. The molecule has 4 aliphatic rings. The average molecular weight is 561 g/mol. The lowest BCUT2D eigenvalue weighted by atomic mass is 9.93. The summed E-state index contributed by atoms with van der Waals surface area (Å²) in [6, 6.07) is 10.6. The summed E-state index contributed by atoms with van der Waals surface area (Å²) in [6.45, 7) is 0.0806. The van der Waals surface area contributed by atoms with E-state index in [2.05, 4.69) is 0 Å². The number of nitrogens with zero attached hydrogens (tertiary/aromatic N) is 1. The van der Waals surface area contributed by atoms with Crippen LogP contribution in [0, 0.1) is 0 Å². The summed E-state index contributed by atoms with van der Waals surface area (Å²) in [7, 11) is 2.88. The third kappa shape index (κ3) is 3.82. The van der Waals surface area contributed by atoms with E-state index in [4.69, 9.17) is 37.9 Å². The van der Waals surface area contributed by atoms with Gasteiger partial charge in [-0.3, -0.25) is 9.59 Å². The van der Waals surface area contributed by atoms with Crippen molar-refractivity contribution in [1.82, 2.24) is 4.90 Å². The number of benzene rings is 3. The van der Waals surface area contributed by atoms with Crippen LogP contribution in [0.15, 0.2) is 48.0 Å². The Hall–Kier alpha value is -5.26. The van der Waals surface area contributed by atoms with E-state index in [0.29, 0.717) is 45.6 Å². The minimum atomic E-state index is -1.09. The van der Waals surface area contributed by atoms with Crippen molar-refractivity contribution < 1.29 is 52.6 Å². The van der Waals surface area contributed by atoms with Crippen molar-refractivity contribution in [2.24, 2.45) is 0 Å². The van der Waals surface area contributed by atoms with Gasteiger partial charge in [-0.25, -0.2) is 0 Å². The van der Waals surface area contributed by atoms with E-state index >= 15 is 0 Å². The van der Waals surface area contributed by atoms with Crippen LogP contribution in [0.5, 0.6) is 46.0 Å². The lowest BCUT2D eigenvalue weighted by Crippen LogP contribution is -2.29. The van der Waals surface area contributed by atoms with Crippen LogP contribution < -0.4 is 37.9 Å². The third-order valence-corrected chi connectivity index (χ3v) is 7.28. The highest BCUT2D eigenvalue weighted by atomic mass is 16.7. The lowest BCUT2D eigenvalue weighted by Gasteiger charge is -2.27. The van der Waals surface area contributed by atoms with Crippen LogP contribution in [0.2, 0.25) is 0 Å². The number of methoxy groups -OCH3 is 2. The summed E-state index contributed by atoms with van der Waals surface area (Å²) in [6.07, 6.45) is 0. The number of aliphatic hydroxyl groups excluding tert-OH is 1. The number of likely N-dealkylation sites (tertiary alicyclic amines) is 1. The van der Waals surface area contributed by atoms with Crippen LogP contribution in [0.25, 0.3) is 5.76 Å². The highest BCUT2D eigenvalue weighted by molar-refractivity contribution is 6.46. The van der Waals surface area contributed by atoms with Crippen LogP contribution in [0.1, 0.15) is 22.7 Å². The van der Waals surface area contributed by atoms with Gasteiger partial charge < -0.3 is 47.9 Å². The topological polar surface area (TPSA) is 131 Å². The van der Waals surface area contributed by atoms with Gasteiger partial charge in [-0.05, 0) is 42.0 Å². The zero-order valence-corrected chi connectivity index (χ0v) is 21.9. The predicted molar refractivity (Wildman–Crippen MR) is 139 cm³/mol. The van der Waals surface area contributed by atoms with Crippen LogP contribution in [-0.2, 0) is 16.1 Å². The minimum Gasteiger partial charge on any atom is -0.507 e. The number of amides is 1. The van der Waals surface area contributed by atoms with Gasteiger partial charge in [-0.15, -0.1) is 0 Å². The molecule has 210 valence electrons. The van der Waals surface area contributed by atoms with E-state index in [1.165, 1.54) is 19.1 Å². The van der Waals surface area contributed by atoms with Gasteiger partial charge in [0, 0.05) is 17.7 Å². The SMILES string of the molecule is COc1c(C2/C(=C(\O)c3ccc4c(c3)OCO4)C(=O)C(=O)N2Cc2ccc3c(c2)OCO3)cc2c(c1OC)OCO2. The second kappa shape index (κ2) is 9.44. The first-order chi connectivity index (χ1) is 20.0. The maximum absolute atomic E-state index is 13.7. The molecule has 0 aromatic heterocycles. The number of carbonyl (C=O) groups is 2. The van der Waals surface area contributed by atoms with Gasteiger partial charge in [0.2, 0.25) is 31.9 Å². The number of carbonyl (C=O) groups excluding carboxylic acids is 2. The molecule has 0 aliphatic carbocycles. The fourth-order valence-corrected chi connectivity index (χ4v) is 5.42. The number of hydrogen-bond donors (Lipinski definition) is 1. The molecule has 4 aliphatic heterocycles. The quantitative estimate of drug-likeness (QED) is 0.269. The Balaban J connectivity index is 1.41. The maximum Gasteiger partial charge on any atom is 0.295 e. The third-order valence-electron chi connectivity index (χ3n) is 7.28. The summed E-state index contributed by atoms with van der Waals surface area (Å²) in [5.41, 5.74) is 1.16. The van der Waals surface area contributed by atoms with Crippen LogP contribution >= 0.6 is 0 Å². The minimum absolute atomic E-state index is 0.00368. The molecular weight excluding hydrogens is 538 g/mol. The molecule has 4 heterocycles. The van der Waals surface area contributed by atoms with Crippen molar-refractivity contribution in [3.63, 3.8) is 0 Å². The normalized spacial score (nSPS) is 19.2. The molecule has 12 nitrogen and oxygen atoms in total.